The van der Waals surface area contributed by atoms with Gasteiger partial charge in [-0.3, -0.25) is 0 Å². The smallest absolute Gasteiger partial charge is 0.166 e. The maximum absolute atomic E-state index is 12.7. The van der Waals surface area contributed by atoms with Crippen LogP contribution in [0.4, 0.5) is 26.3 Å². The molecule has 20 heavy (non-hydrogen) atoms. The summed E-state index contributed by atoms with van der Waals surface area (Å²) in [6.07, 6.45) is -4.88. The highest BCUT2D eigenvalue weighted by atomic mass is 19.4. The molecule has 0 bridgehead atoms. The molecule has 0 aliphatic heterocycles. The van der Waals surface area contributed by atoms with Crippen molar-refractivity contribution in [1.82, 2.24) is 0 Å². The first-order valence-corrected chi connectivity index (χ1v) is 6.29. The first-order valence-electron chi connectivity index (χ1n) is 6.29. The van der Waals surface area contributed by atoms with Gasteiger partial charge in [0.2, 0.25) is 0 Å². The van der Waals surface area contributed by atoms with Crippen LogP contribution in [0, 0.1) is 6.42 Å². The molecule has 0 amide bonds. The largest absolute Gasteiger partial charge is 0.416 e. The van der Waals surface area contributed by atoms with E-state index in [-0.39, 0.29) is 17.5 Å². The minimum atomic E-state index is -4.77. The third-order valence-electron chi connectivity index (χ3n) is 3.52. The van der Waals surface area contributed by atoms with Gasteiger partial charge in [0.25, 0.3) is 0 Å². The number of rotatable bonds is 1. The molecule has 0 unspecified atom stereocenters. The summed E-state index contributed by atoms with van der Waals surface area (Å²) in [4.78, 5) is 0. The molecule has 1 aromatic carbocycles. The third kappa shape index (κ3) is 3.46. The quantitative estimate of drug-likeness (QED) is 0.593. The first-order chi connectivity index (χ1) is 9.18. The van der Waals surface area contributed by atoms with E-state index in [1.54, 1.807) is 0 Å². The van der Waals surface area contributed by atoms with Crippen LogP contribution >= 0.6 is 0 Å². The summed E-state index contributed by atoms with van der Waals surface area (Å²) in [5.74, 6) is -0.233. The minimum Gasteiger partial charge on any atom is -0.166 e. The van der Waals surface area contributed by atoms with E-state index >= 15 is 0 Å². The van der Waals surface area contributed by atoms with Crippen molar-refractivity contribution in [3.05, 3.63) is 41.3 Å². The maximum Gasteiger partial charge on any atom is 0.416 e. The fraction of sp³-hybridized carbons (Fsp3) is 0.500. The Morgan fingerprint density at radius 3 is 1.60 bits per heavy atom. The minimum absolute atomic E-state index is 0.139. The van der Waals surface area contributed by atoms with E-state index < -0.39 is 23.5 Å². The van der Waals surface area contributed by atoms with Crippen molar-refractivity contribution in [2.24, 2.45) is 0 Å². The van der Waals surface area contributed by atoms with Crippen LogP contribution in [0.15, 0.2) is 18.2 Å². The lowest BCUT2D eigenvalue weighted by Crippen LogP contribution is -2.14. The lowest BCUT2D eigenvalue weighted by atomic mass is 9.83. The second-order valence-electron chi connectivity index (χ2n) is 4.98. The SMILES string of the molecule is FC(F)(F)c1cc(C2CC[CH]CC2)cc(C(F)(F)F)c1. The fourth-order valence-corrected chi connectivity index (χ4v) is 2.47. The molecule has 0 atom stereocenters. The number of alkyl halides is 6. The molecule has 1 radical (unpaired) electrons. The van der Waals surface area contributed by atoms with Gasteiger partial charge in [-0.05, 0) is 61.8 Å². The molecule has 0 aromatic heterocycles. The van der Waals surface area contributed by atoms with Crippen LogP contribution in [0.2, 0.25) is 0 Å². The molecule has 1 aliphatic rings. The second-order valence-corrected chi connectivity index (χ2v) is 4.98. The molecule has 0 N–H and O–H groups in total. The molecule has 1 aliphatic carbocycles. The molecule has 111 valence electrons. The normalized spacial score (nSPS) is 18.3. The van der Waals surface area contributed by atoms with Crippen LogP contribution in [0.1, 0.15) is 48.3 Å². The van der Waals surface area contributed by atoms with Gasteiger partial charge >= 0.3 is 12.4 Å². The van der Waals surface area contributed by atoms with Crippen LogP contribution in [0.3, 0.4) is 0 Å². The number of hydrogen-bond donors (Lipinski definition) is 0. The van der Waals surface area contributed by atoms with Gasteiger partial charge in [-0.25, -0.2) is 0 Å². The van der Waals surface area contributed by atoms with E-state index in [4.69, 9.17) is 0 Å². The van der Waals surface area contributed by atoms with Gasteiger partial charge in [-0.15, -0.1) is 0 Å². The molecule has 0 spiro atoms. The van der Waals surface area contributed by atoms with Crippen molar-refractivity contribution in [1.29, 1.82) is 0 Å². The van der Waals surface area contributed by atoms with Crippen molar-refractivity contribution < 1.29 is 26.3 Å². The van der Waals surface area contributed by atoms with E-state index in [2.05, 4.69) is 0 Å². The molecule has 6 heteroatoms. The Balaban J connectivity index is 2.45. The lowest BCUT2D eigenvalue weighted by molar-refractivity contribution is -0.143. The average Bonchev–Trinajstić information content (AvgIpc) is 2.37. The zero-order valence-corrected chi connectivity index (χ0v) is 10.5. The van der Waals surface area contributed by atoms with Gasteiger partial charge < -0.3 is 0 Å². The van der Waals surface area contributed by atoms with Gasteiger partial charge in [-0.2, -0.15) is 26.3 Å². The van der Waals surface area contributed by atoms with Gasteiger partial charge in [0.1, 0.15) is 0 Å². The van der Waals surface area contributed by atoms with E-state index in [9.17, 15) is 26.3 Å². The summed E-state index contributed by atoms with van der Waals surface area (Å²) < 4.78 is 76.4. The lowest BCUT2D eigenvalue weighted by Gasteiger charge is -2.24. The number of hydrogen-bond acceptors (Lipinski definition) is 0. The Labute approximate surface area is 112 Å². The maximum atomic E-state index is 12.7. The number of halogens is 6. The van der Waals surface area contributed by atoms with Gasteiger partial charge in [-0.1, -0.05) is 0 Å². The summed E-state index contributed by atoms with van der Waals surface area (Å²) in [6, 6.07) is 1.88. The van der Waals surface area contributed by atoms with Crippen molar-refractivity contribution in [3.8, 4) is 0 Å². The number of benzene rings is 1. The molecule has 0 saturated heterocycles. The molecule has 0 nitrogen and oxygen atoms in total. The summed E-state index contributed by atoms with van der Waals surface area (Å²) in [5, 5.41) is 0. The summed E-state index contributed by atoms with van der Waals surface area (Å²) >= 11 is 0. The Hall–Kier alpha value is -1.20. The predicted octanol–water partition coefficient (Wildman–Crippen LogP) is 5.59. The highest BCUT2D eigenvalue weighted by Crippen LogP contribution is 2.40. The Kier molecular flexibility index (Phi) is 4.02. The van der Waals surface area contributed by atoms with Gasteiger partial charge in [0.05, 0.1) is 11.1 Å². The van der Waals surface area contributed by atoms with Crippen molar-refractivity contribution >= 4 is 0 Å². The Morgan fingerprint density at radius 1 is 0.750 bits per heavy atom. The van der Waals surface area contributed by atoms with Gasteiger partial charge in [0.15, 0.2) is 0 Å². The molecule has 1 aromatic rings. The average molecular weight is 295 g/mol. The van der Waals surface area contributed by atoms with Crippen molar-refractivity contribution in [2.45, 2.75) is 44.0 Å². The molecule has 2 rings (SSSR count). The highest BCUT2D eigenvalue weighted by Gasteiger charge is 2.37. The molecule has 0 heterocycles. The molecule has 1 saturated carbocycles. The summed E-state index contributed by atoms with van der Waals surface area (Å²) in [5.41, 5.74) is -2.31. The molecular formula is C14H13F6. The second kappa shape index (κ2) is 5.30. The van der Waals surface area contributed by atoms with Gasteiger partial charge in [0, 0.05) is 0 Å². The molecule has 1 fully saturated rings. The van der Waals surface area contributed by atoms with Crippen LogP contribution in [0.5, 0.6) is 0 Å². The van der Waals surface area contributed by atoms with Crippen LogP contribution in [0.25, 0.3) is 0 Å². The first kappa shape index (κ1) is 15.2. The monoisotopic (exact) mass is 295 g/mol. The van der Waals surface area contributed by atoms with E-state index in [1.807, 2.05) is 6.42 Å². The summed E-state index contributed by atoms with van der Waals surface area (Å²) in [6.45, 7) is 0. The zero-order chi connectivity index (χ0) is 15.0. The van der Waals surface area contributed by atoms with E-state index in [1.165, 1.54) is 0 Å². The third-order valence-corrected chi connectivity index (χ3v) is 3.52. The predicted molar refractivity (Wildman–Crippen MR) is 62.0 cm³/mol. The highest BCUT2D eigenvalue weighted by molar-refractivity contribution is 5.35. The standard InChI is InChI=1S/C14H13F6/c15-13(16,17)11-6-10(9-4-2-1-3-5-9)7-12(8-11)14(18,19)20/h1,6-9H,2-5H2. The zero-order valence-electron chi connectivity index (χ0n) is 10.5. The van der Waals surface area contributed by atoms with E-state index in [0.29, 0.717) is 12.8 Å². The molecular weight excluding hydrogens is 282 g/mol. The topological polar surface area (TPSA) is 0 Å². The van der Waals surface area contributed by atoms with Crippen LogP contribution < -0.4 is 0 Å². The van der Waals surface area contributed by atoms with Crippen LogP contribution in [-0.4, -0.2) is 0 Å². The Bertz CT molecular complexity index is 433. The summed E-state index contributed by atoms with van der Waals surface area (Å²) in [7, 11) is 0. The van der Waals surface area contributed by atoms with Crippen LogP contribution in [-0.2, 0) is 12.4 Å². The van der Waals surface area contributed by atoms with E-state index in [0.717, 1.165) is 25.0 Å². The van der Waals surface area contributed by atoms with Crippen molar-refractivity contribution in [3.63, 3.8) is 0 Å². The fourth-order valence-electron chi connectivity index (χ4n) is 2.47. The van der Waals surface area contributed by atoms with Crippen molar-refractivity contribution in [2.75, 3.05) is 0 Å². The Morgan fingerprint density at radius 2 is 1.20 bits per heavy atom.